The van der Waals surface area contributed by atoms with Gasteiger partial charge in [-0.15, -0.1) is 0 Å². The van der Waals surface area contributed by atoms with Crippen LogP contribution in [0, 0.1) is 6.92 Å². The summed E-state index contributed by atoms with van der Waals surface area (Å²) in [6.45, 7) is 1.83. The van der Waals surface area contributed by atoms with Crippen LogP contribution in [0.15, 0.2) is 16.7 Å². The average Bonchev–Trinajstić information content (AvgIpc) is 3.00. The lowest BCUT2D eigenvalue weighted by molar-refractivity contribution is -0.115. The standard InChI is InChI=1S/C16H22N4O2/c1-11-8-13(22-20-11)9-16(21)17-15-10-14(18-19-15)12-6-4-2-3-5-7-12/h8,10,12H,2-7,9H2,1H3,(H2,17,18,19,21). The third kappa shape index (κ3) is 3.75. The molecule has 1 aliphatic rings. The number of hydrogen-bond donors (Lipinski definition) is 2. The van der Waals surface area contributed by atoms with Crippen molar-refractivity contribution >= 4 is 11.7 Å². The van der Waals surface area contributed by atoms with Crippen molar-refractivity contribution in [2.75, 3.05) is 5.32 Å². The minimum Gasteiger partial charge on any atom is -0.361 e. The average molecular weight is 302 g/mol. The van der Waals surface area contributed by atoms with Gasteiger partial charge >= 0.3 is 0 Å². The molecule has 1 fully saturated rings. The number of nitrogens with zero attached hydrogens (tertiary/aromatic N) is 2. The number of H-pyrrole nitrogens is 1. The van der Waals surface area contributed by atoms with Gasteiger partial charge in [-0.25, -0.2) is 0 Å². The number of aromatic nitrogens is 3. The number of carbonyl (C=O) groups excluding carboxylic acids is 1. The van der Waals surface area contributed by atoms with Crippen molar-refractivity contribution in [1.29, 1.82) is 0 Å². The Morgan fingerprint density at radius 1 is 1.32 bits per heavy atom. The molecule has 3 rings (SSSR count). The number of carbonyl (C=O) groups is 1. The molecule has 2 aromatic rings. The number of nitrogens with one attached hydrogen (secondary N) is 2. The Labute approximate surface area is 129 Å². The fourth-order valence-corrected chi connectivity index (χ4v) is 3.05. The van der Waals surface area contributed by atoms with Crippen molar-refractivity contribution in [3.05, 3.63) is 29.3 Å². The molecule has 1 saturated carbocycles. The van der Waals surface area contributed by atoms with E-state index >= 15 is 0 Å². The zero-order valence-corrected chi connectivity index (χ0v) is 12.9. The number of hydrogen-bond acceptors (Lipinski definition) is 4. The first-order valence-corrected chi connectivity index (χ1v) is 7.98. The molecular formula is C16H22N4O2. The molecule has 0 bridgehead atoms. The Bertz CT molecular complexity index is 624. The molecule has 0 saturated heterocycles. The normalized spacial score (nSPS) is 16.4. The number of aryl methyl sites for hydroxylation is 1. The van der Waals surface area contributed by atoms with E-state index in [2.05, 4.69) is 20.7 Å². The van der Waals surface area contributed by atoms with Crippen LogP contribution in [-0.2, 0) is 11.2 Å². The number of rotatable bonds is 4. The van der Waals surface area contributed by atoms with Gasteiger partial charge in [-0.2, -0.15) is 5.10 Å². The van der Waals surface area contributed by atoms with Crippen LogP contribution in [0.4, 0.5) is 5.82 Å². The van der Waals surface area contributed by atoms with Crippen LogP contribution in [0.5, 0.6) is 0 Å². The maximum atomic E-state index is 12.0. The number of aromatic amines is 1. The van der Waals surface area contributed by atoms with E-state index in [4.69, 9.17) is 4.52 Å². The summed E-state index contributed by atoms with van der Waals surface area (Å²) in [7, 11) is 0. The van der Waals surface area contributed by atoms with Crippen LogP contribution in [0.2, 0.25) is 0 Å². The minimum atomic E-state index is -0.143. The Morgan fingerprint density at radius 3 is 2.77 bits per heavy atom. The Hall–Kier alpha value is -2.11. The fraction of sp³-hybridized carbons (Fsp3) is 0.562. The second-order valence-electron chi connectivity index (χ2n) is 6.06. The highest BCUT2D eigenvalue weighted by Crippen LogP contribution is 2.31. The van der Waals surface area contributed by atoms with E-state index in [1.807, 2.05) is 13.0 Å². The highest BCUT2D eigenvalue weighted by molar-refractivity contribution is 5.91. The highest BCUT2D eigenvalue weighted by Gasteiger charge is 2.17. The Morgan fingerprint density at radius 2 is 2.09 bits per heavy atom. The Kier molecular flexibility index (Phi) is 4.56. The van der Waals surface area contributed by atoms with Gasteiger partial charge in [0.15, 0.2) is 5.82 Å². The van der Waals surface area contributed by atoms with Crippen molar-refractivity contribution in [2.24, 2.45) is 0 Å². The molecule has 6 heteroatoms. The van der Waals surface area contributed by atoms with E-state index in [0.29, 0.717) is 17.5 Å². The van der Waals surface area contributed by atoms with E-state index in [9.17, 15) is 4.79 Å². The summed E-state index contributed by atoms with van der Waals surface area (Å²) in [5, 5.41) is 13.9. The van der Waals surface area contributed by atoms with Gasteiger partial charge in [0.05, 0.1) is 12.1 Å². The molecule has 0 radical (unpaired) electrons. The van der Waals surface area contributed by atoms with Gasteiger partial charge in [0, 0.05) is 23.7 Å². The molecule has 0 spiro atoms. The minimum absolute atomic E-state index is 0.143. The van der Waals surface area contributed by atoms with Crippen molar-refractivity contribution in [3.8, 4) is 0 Å². The first kappa shape index (κ1) is 14.8. The fourth-order valence-electron chi connectivity index (χ4n) is 3.05. The van der Waals surface area contributed by atoms with Crippen molar-refractivity contribution in [1.82, 2.24) is 15.4 Å². The van der Waals surface area contributed by atoms with Crippen LogP contribution in [0.3, 0.4) is 0 Å². The lowest BCUT2D eigenvalue weighted by atomic mass is 9.97. The maximum absolute atomic E-state index is 12.0. The molecule has 118 valence electrons. The SMILES string of the molecule is Cc1cc(CC(=O)Nc2cc(C3CCCCCC3)[nH]n2)on1. The smallest absolute Gasteiger partial charge is 0.233 e. The van der Waals surface area contributed by atoms with Gasteiger partial charge in [-0.1, -0.05) is 30.8 Å². The van der Waals surface area contributed by atoms with Crippen molar-refractivity contribution < 1.29 is 9.32 Å². The molecule has 2 N–H and O–H groups in total. The predicted octanol–water partition coefficient (Wildman–Crippen LogP) is 3.33. The maximum Gasteiger partial charge on any atom is 0.233 e. The molecule has 0 atom stereocenters. The molecule has 1 amide bonds. The summed E-state index contributed by atoms with van der Waals surface area (Å²) < 4.78 is 5.05. The molecular weight excluding hydrogens is 280 g/mol. The van der Waals surface area contributed by atoms with Crippen molar-refractivity contribution in [3.63, 3.8) is 0 Å². The highest BCUT2D eigenvalue weighted by atomic mass is 16.5. The van der Waals surface area contributed by atoms with E-state index in [0.717, 1.165) is 11.4 Å². The third-order valence-corrected chi connectivity index (χ3v) is 4.17. The Balaban J connectivity index is 1.57. The molecule has 2 aromatic heterocycles. The lowest BCUT2D eigenvalue weighted by Gasteiger charge is -2.10. The van der Waals surface area contributed by atoms with Crippen LogP contribution in [0.1, 0.15) is 61.6 Å². The van der Waals surface area contributed by atoms with Crippen molar-refractivity contribution in [2.45, 2.75) is 57.8 Å². The second kappa shape index (κ2) is 6.77. The summed E-state index contributed by atoms with van der Waals surface area (Å²) in [5.74, 6) is 1.54. The molecule has 0 aromatic carbocycles. The zero-order chi connectivity index (χ0) is 15.4. The predicted molar refractivity (Wildman–Crippen MR) is 82.6 cm³/mol. The molecule has 2 heterocycles. The number of anilines is 1. The van der Waals surface area contributed by atoms with Crippen LogP contribution in [-0.4, -0.2) is 21.3 Å². The molecule has 22 heavy (non-hydrogen) atoms. The first-order valence-electron chi connectivity index (χ1n) is 7.98. The van der Waals surface area contributed by atoms with E-state index in [-0.39, 0.29) is 12.3 Å². The van der Waals surface area contributed by atoms with Crippen LogP contribution >= 0.6 is 0 Å². The zero-order valence-electron chi connectivity index (χ0n) is 12.9. The molecule has 0 aliphatic heterocycles. The largest absolute Gasteiger partial charge is 0.361 e. The lowest BCUT2D eigenvalue weighted by Crippen LogP contribution is -2.14. The first-order chi connectivity index (χ1) is 10.7. The van der Waals surface area contributed by atoms with Gasteiger partial charge in [-0.3, -0.25) is 9.89 Å². The van der Waals surface area contributed by atoms with Crippen LogP contribution < -0.4 is 5.32 Å². The van der Waals surface area contributed by atoms with Gasteiger partial charge in [-0.05, 0) is 19.8 Å². The summed E-state index contributed by atoms with van der Waals surface area (Å²) >= 11 is 0. The molecule has 1 aliphatic carbocycles. The van der Waals surface area contributed by atoms with Gasteiger partial charge in [0.1, 0.15) is 5.76 Å². The third-order valence-electron chi connectivity index (χ3n) is 4.17. The topological polar surface area (TPSA) is 83.8 Å². The quantitative estimate of drug-likeness (QED) is 0.848. The monoisotopic (exact) mass is 302 g/mol. The second-order valence-corrected chi connectivity index (χ2v) is 6.06. The van der Waals surface area contributed by atoms with Gasteiger partial charge in [0.2, 0.25) is 5.91 Å². The summed E-state index contributed by atoms with van der Waals surface area (Å²) in [5.41, 5.74) is 1.91. The summed E-state index contributed by atoms with van der Waals surface area (Å²) in [6, 6.07) is 3.72. The molecule has 0 unspecified atom stereocenters. The van der Waals surface area contributed by atoms with Crippen LogP contribution in [0.25, 0.3) is 0 Å². The van der Waals surface area contributed by atoms with E-state index < -0.39 is 0 Å². The van der Waals surface area contributed by atoms with E-state index in [1.165, 1.54) is 38.5 Å². The number of amides is 1. The van der Waals surface area contributed by atoms with Gasteiger partial charge in [0.25, 0.3) is 0 Å². The molecule has 6 nitrogen and oxygen atoms in total. The summed E-state index contributed by atoms with van der Waals surface area (Å²) in [4.78, 5) is 12.0. The van der Waals surface area contributed by atoms with Gasteiger partial charge < -0.3 is 9.84 Å². The summed E-state index contributed by atoms with van der Waals surface area (Å²) in [6.07, 6.45) is 7.77. The van der Waals surface area contributed by atoms with E-state index in [1.54, 1.807) is 6.07 Å².